The van der Waals surface area contributed by atoms with Gasteiger partial charge in [-0.25, -0.2) is 0 Å². The lowest BCUT2D eigenvalue weighted by atomic mass is 10.1. The Kier molecular flexibility index (Phi) is 3.19. The van der Waals surface area contributed by atoms with Crippen molar-refractivity contribution in [2.24, 2.45) is 0 Å². The van der Waals surface area contributed by atoms with E-state index in [4.69, 9.17) is 4.74 Å². The highest BCUT2D eigenvalue weighted by Crippen LogP contribution is 2.39. The molecule has 3 nitrogen and oxygen atoms in total. The van der Waals surface area contributed by atoms with Gasteiger partial charge in [-0.2, -0.15) is 13.2 Å². The minimum Gasteiger partial charge on any atom is -0.490 e. The van der Waals surface area contributed by atoms with Crippen LogP contribution in [0.3, 0.4) is 0 Å². The minimum atomic E-state index is -4.48. The monoisotopic (exact) mass is 259 g/mol. The third kappa shape index (κ3) is 2.75. The van der Waals surface area contributed by atoms with Gasteiger partial charge in [0.25, 0.3) is 5.91 Å². The van der Waals surface area contributed by atoms with Crippen LogP contribution in [0, 0.1) is 0 Å². The van der Waals surface area contributed by atoms with Gasteiger partial charge in [0, 0.05) is 12.6 Å². The Balaban J connectivity index is 2.37. The van der Waals surface area contributed by atoms with Crippen molar-refractivity contribution in [1.29, 1.82) is 0 Å². The van der Waals surface area contributed by atoms with Crippen molar-refractivity contribution in [1.82, 2.24) is 5.32 Å². The standard InChI is InChI=1S/C12H12F3NO2/c1-16-11(17)7-2-5-9(12(13,14)15)10(6-7)18-8-3-4-8/h2,5-6,8H,3-4H2,1H3,(H,16,17). The van der Waals surface area contributed by atoms with E-state index in [0.717, 1.165) is 31.0 Å². The van der Waals surface area contributed by atoms with Crippen LogP contribution in [0.2, 0.25) is 0 Å². The van der Waals surface area contributed by atoms with Crippen LogP contribution in [-0.2, 0) is 6.18 Å². The van der Waals surface area contributed by atoms with Crippen LogP contribution in [0.25, 0.3) is 0 Å². The molecule has 0 aromatic heterocycles. The molecule has 1 N–H and O–H groups in total. The van der Waals surface area contributed by atoms with Crippen molar-refractivity contribution >= 4 is 5.91 Å². The average molecular weight is 259 g/mol. The van der Waals surface area contributed by atoms with E-state index >= 15 is 0 Å². The number of alkyl halides is 3. The molecule has 98 valence electrons. The first kappa shape index (κ1) is 12.7. The summed E-state index contributed by atoms with van der Waals surface area (Å²) in [5.41, 5.74) is -0.691. The molecule has 1 amide bonds. The van der Waals surface area contributed by atoms with E-state index in [9.17, 15) is 18.0 Å². The predicted molar refractivity (Wildman–Crippen MR) is 58.5 cm³/mol. The maximum absolute atomic E-state index is 12.8. The van der Waals surface area contributed by atoms with Crippen molar-refractivity contribution in [3.63, 3.8) is 0 Å². The van der Waals surface area contributed by atoms with Crippen LogP contribution in [0.15, 0.2) is 18.2 Å². The number of carbonyl (C=O) groups is 1. The van der Waals surface area contributed by atoms with E-state index in [1.54, 1.807) is 0 Å². The van der Waals surface area contributed by atoms with Gasteiger partial charge in [-0.15, -0.1) is 0 Å². The zero-order valence-corrected chi connectivity index (χ0v) is 9.67. The van der Waals surface area contributed by atoms with Gasteiger partial charge in [-0.3, -0.25) is 4.79 Å². The molecule has 6 heteroatoms. The summed E-state index contributed by atoms with van der Waals surface area (Å²) in [6.07, 6.45) is -3.14. The van der Waals surface area contributed by atoms with Gasteiger partial charge in [-0.1, -0.05) is 0 Å². The summed E-state index contributed by atoms with van der Waals surface area (Å²) >= 11 is 0. The molecule has 1 aromatic rings. The van der Waals surface area contributed by atoms with Gasteiger partial charge >= 0.3 is 6.18 Å². The predicted octanol–water partition coefficient (Wildman–Crippen LogP) is 2.61. The Hall–Kier alpha value is -1.72. The van der Waals surface area contributed by atoms with Crippen LogP contribution in [-0.4, -0.2) is 19.1 Å². The van der Waals surface area contributed by atoms with Crippen molar-refractivity contribution in [3.05, 3.63) is 29.3 Å². The van der Waals surface area contributed by atoms with Gasteiger partial charge in [-0.05, 0) is 31.0 Å². The van der Waals surface area contributed by atoms with Crippen molar-refractivity contribution in [2.75, 3.05) is 7.05 Å². The number of ether oxygens (including phenoxy) is 1. The second-order valence-electron chi connectivity index (χ2n) is 4.11. The van der Waals surface area contributed by atoms with Crippen molar-refractivity contribution in [3.8, 4) is 5.75 Å². The molecule has 0 unspecified atom stereocenters. The first-order chi connectivity index (χ1) is 8.41. The molecular weight excluding hydrogens is 247 g/mol. The molecule has 1 aliphatic rings. The molecule has 1 fully saturated rings. The lowest BCUT2D eigenvalue weighted by Gasteiger charge is -2.14. The second kappa shape index (κ2) is 4.51. The second-order valence-corrected chi connectivity index (χ2v) is 4.11. The van der Waals surface area contributed by atoms with Gasteiger partial charge in [0.2, 0.25) is 0 Å². The highest BCUT2D eigenvalue weighted by atomic mass is 19.4. The molecule has 0 aliphatic heterocycles. The summed E-state index contributed by atoms with van der Waals surface area (Å²) in [5.74, 6) is -0.713. The highest BCUT2D eigenvalue weighted by molar-refractivity contribution is 5.94. The maximum atomic E-state index is 12.8. The fourth-order valence-electron chi connectivity index (χ4n) is 1.51. The topological polar surface area (TPSA) is 38.3 Å². The van der Waals surface area contributed by atoms with Gasteiger partial charge in [0.05, 0.1) is 11.7 Å². The van der Waals surface area contributed by atoms with E-state index < -0.39 is 17.6 Å². The molecule has 0 bridgehead atoms. The summed E-state index contributed by atoms with van der Waals surface area (Å²) in [6, 6.07) is 3.16. The first-order valence-corrected chi connectivity index (χ1v) is 5.52. The summed E-state index contributed by atoms with van der Waals surface area (Å²) in [7, 11) is 1.42. The lowest BCUT2D eigenvalue weighted by Crippen LogP contribution is -2.19. The minimum absolute atomic E-state index is 0.154. The molecule has 0 radical (unpaired) electrons. The third-order valence-electron chi connectivity index (χ3n) is 2.59. The molecule has 2 rings (SSSR count). The number of rotatable bonds is 3. The maximum Gasteiger partial charge on any atom is 0.419 e. The van der Waals surface area contributed by atoms with Crippen LogP contribution >= 0.6 is 0 Å². The number of hydrogen-bond donors (Lipinski definition) is 1. The van der Waals surface area contributed by atoms with Crippen LogP contribution < -0.4 is 10.1 Å². The van der Waals surface area contributed by atoms with Crippen molar-refractivity contribution in [2.45, 2.75) is 25.1 Å². The SMILES string of the molecule is CNC(=O)c1ccc(C(F)(F)F)c(OC2CC2)c1. The number of carbonyl (C=O) groups excluding carboxylic acids is 1. The smallest absolute Gasteiger partial charge is 0.419 e. The normalized spacial score (nSPS) is 15.3. The Morgan fingerprint density at radius 1 is 1.39 bits per heavy atom. The number of hydrogen-bond acceptors (Lipinski definition) is 2. The van der Waals surface area contributed by atoms with Crippen LogP contribution in [0.1, 0.15) is 28.8 Å². The number of amides is 1. The number of nitrogens with one attached hydrogen (secondary N) is 1. The fraction of sp³-hybridized carbons (Fsp3) is 0.417. The number of benzene rings is 1. The Morgan fingerprint density at radius 3 is 2.56 bits per heavy atom. The molecule has 18 heavy (non-hydrogen) atoms. The lowest BCUT2D eigenvalue weighted by molar-refractivity contribution is -0.139. The first-order valence-electron chi connectivity index (χ1n) is 5.52. The molecule has 0 saturated heterocycles. The molecule has 1 aromatic carbocycles. The van der Waals surface area contributed by atoms with Gasteiger partial charge < -0.3 is 10.1 Å². The van der Waals surface area contributed by atoms with Crippen molar-refractivity contribution < 1.29 is 22.7 Å². The van der Waals surface area contributed by atoms with E-state index in [0.29, 0.717) is 0 Å². The summed E-state index contributed by atoms with van der Waals surface area (Å²) in [6.45, 7) is 0. The quantitative estimate of drug-likeness (QED) is 0.906. The van der Waals surface area contributed by atoms with Crippen LogP contribution in [0.5, 0.6) is 5.75 Å². The summed E-state index contributed by atoms with van der Waals surface area (Å²) in [5, 5.41) is 2.36. The van der Waals surface area contributed by atoms with E-state index in [2.05, 4.69) is 5.32 Å². The average Bonchev–Trinajstić information content (AvgIpc) is 3.10. The molecular formula is C12H12F3NO2. The fourth-order valence-corrected chi connectivity index (χ4v) is 1.51. The van der Waals surface area contributed by atoms with E-state index in [-0.39, 0.29) is 17.4 Å². The molecule has 0 atom stereocenters. The summed E-state index contributed by atoms with van der Waals surface area (Å²) in [4.78, 5) is 11.4. The highest BCUT2D eigenvalue weighted by Gasteiger charge is 2.36. The molecule has 1 aliphatic carbocycles. The Morgan fingerprint density at radius 2 is 2.06 bits per heavy atom. The summed E-state index contributed by atoms with van der Waals surface area (Å²) < 4.78 is 43.5. The molecule has 0 spiro atoms. The van der Waals surface area contributed by atoms with Gasteiger partial charge in [0.1, 0.15) is 5.75 Å². The Bertz CT molecular complexity index is 467. The van der Waals surface area contributed by atoms with E-state index in [1.807, 2.05) is 0 Å². The zero-order valence-electron chi connectivity index (χ0n) is 9.67. The Labute approximate surface area is 102 Å². The molecule has 0 heterocycles. The third-order valence-corrected chi connectivity index (χ3v) is 2.59. The van der Waals surface area contributed by atoms with E-state index in [1.165, 1.54) is 7.05 Å². The largest absolute Gasteiger partial charge is 0.490 e. The number of halogens is 3. The van der Waals surface area contributed by atoms with Crippen LogP contribution in [0.4, 0.5) is 13.2 Å². The molecule has 1 saturated carbocycles. The van der Waals surface area contributed by atoms with Gasteiger partial charge in [0.15, 0.2) is 0 Å². The zero-order chi connectivity index (χ0) is 13.3.